The van der Waals surface area contributed by atoms with E-state index in [1.807, 2.05) is 52.1 Å². The second kappa shape index (κ2) is 17.8. The SMILES string of the molecule is CCC(CC)C(=O)/C=C(\O)C(CC)CC.Cc1[c-]c(-c2ncc(-c3ccccc3)nc2-c2cc(C)cc(C)c2)cc(C)c1.[Ir]. The molecule has 4 aromatic rings. The average molecular weight is 768 g/mol. The van der Waals surface area contributed by atoms with Gasteiger partial charge in [0.15, 0.2) is 5.78 Å². The Morgan fingerprint density at radius 1 is 0.773 bits per heavy atom. The van der Waals surface area contributed by atoms with Gasteiger partial charge in [-0.05, 0) is 45.1 Å². The Labute approximate surface area is 278 Å². The van der Waals surface area contributed by atoms with E-state index in [1.54, 1.807) is 0 Å². The van der Waals surface area contributed by atoms with E-state index >= 15 is 0 Å². The van der Waals surface area contributed by atoms with Gasteiger partial charge in [-0.15, -0.1) is 34.9 Å². The van der Waals surface area contributed by atoms with Crippen LogP contribution in [0.4, 0.5) is 0 Å². The quantitative estimate of drug-likeness (QED) is 0.0992. The van der Waals surface area contributed by atoms with Crippen LogP contribution in [0.2, 0.25) is 0 Å². The largest absolute Gasteiger partial charge is 0.512 e. The third kappa shape index (κ3) is 10.1. The zero-order valence-corrected chi connectivity index (χ0v) is 29.9. The molecule has 1 N–H and O–H groups in total. The van der Waals surface area contributed by atoms with Gasteiger partial charge in [0.25, 0.3) is 0 Å². The molecule has 44 heavy (non-hydrogen) atoms. The van der Waals surface area contributed by atoms with Crippen molar-refractivity contribution in [2.24, 2.45) is 11.8 Å². The van der Waals surface area contributed by atoms with Crippen molar-refractivity contribution in [3.8, 4) is 33.8 Å². The summed E-state index contributed by atoms with van der Waals surface area (Å²) in [6.07, 6.45) is 6.77. The molecule has 4 rings (SSSR count). The predicted octanol–water partition coefficient (Wildman–Crippen LogP) is 10.4. The molecule has 0 aliphatic heterocycles. The van der Waals surface area contributed by atoms with Gasteiger partial charge in [0, 0.05) is 55.5 Å². The molecule has 235 valence electrons. The van der Waals surface area contributed by atoms with Crippen LogP contribution in [0.1, 0.15) is 75.6 Å². The number of hydrogen-bond donors (Lipinski definition) is 1. The fourth-order valence-electron chi connectivity index (χ4n) is 5.45. The van der Waals surface area contributed by atoms with Crippen LogP contribution in [0.25, 0.3) is 33.8 Å². The standard InChI is InChI=1S/C26H23N2.C13H24O2.Ir/c1-17-10-18(2)13-22(12-17)25-26(23-14-19(3)11-20(4)15-23)28-24(16-27-25)21-8-6-5-7-9-21;1-5-10(6-2)12(14)9-13(15)11(7-3)8-4;/h5-12,14-16H,1-4H3;9-11,14H,5-8H2,1-4H3;/q-1;;/b;12-9-;. The molecule has 0 unspecified atom stereocenters. The Balaban J connectivity index is 0.000000363. The van der Waals surface area contributed by atoms with Crippen molar-refractivity contribution in [2.75, 3.05) is 0 Å². The van der Waals surface area contributed by atoms with Crippen molar-refractivity contribution in [3.05, 3.63) is 107 Å². The molecule has 0 fully saturated rings. The Bertz CT molecular complexity index is 1500. The van der Waals surface area contributed by atoms with Gasteiger partial charge in [-0.25, -0.2) is 0 Å². The molecule has 1 heterocycles. The number of nitrogens with zero attached hydrogens (tertiary/aromatic N) is 2. The van der Waals surface area contributed by atoms with Crippen LogP contribution < -0.4 is 0 Å². The van der Waals surface area contributed by atoms with E-state index in [0.717, 1.165) is 65.0 Å². The molecule has 0 atom stereocenters. The Kier molecular flexibility index (Phi) is 14.9. The summed E-state index contributed by atoms with van der Waals surface area (Å²) >= 11 is 0. The summed E-state index contributed by atoms with van der Waals surface area (Å²) in [4.78, 5) is 21.6. The van der Waals surface area contributed by atoms with Crippen molar-refractivity contribution in [1.82, 2.24) is 9.97 Å². The van der Waals surface area contributed by atoms with Crippen LogP contribution in [0.3, 0.4) is 0 Å². The number of hydrogen-bond acceptors (Lipinski definition) is 4. The molecule has 0 aliphatic rings. The molecule has 1 radical (unpaired) electrons. The summed E-state index contributed by atoms with van der Waals surface area (Å²) in [6, 6.07) is 24.5. The van der Waals surface area contributed by atoms with E-state index in [2.05, 4.69) is 76.2 Å². The first kappa shape index (κ1) is 36.8. The van der Waals surface area contributed by atoms with Crippen LogP contribution in [-0.4, -0.2) is 20.9 Å². The van der Waals surface area contributed by atoms with Crippen LogP contribution in [0.5, 0.6) is 0 Å². The number of ketones is 1. The van der Waals surface area contributed by atoms with Crippen LogP contribution >= 0.6 is 0 Å². The first-order valence-corrected chi connectivity index (χ1v) is 15.6. The summed E-state index contributed by atoms with van der Waals surface area (Å²) in [5, 5.41) is 9.76. The summed E-state index contributed by atoms with van der Waals surface area (Å²) in [6.45, 7) is 16.5. The minimum atomic E-state index is 0. The van der Waals surface area contributed by atoms with Gasteiger partial charge in [-0.1, -0.05) is 101 Å². The topological polar surface area (TPSA) is 63.1 Å². The van der Waals surface area contributed by atoms with Crippen molar-refractivity contribution in [1.29, 1.82) is 0 Å². The van der Waals surface area contributed by atoms with E-state index in [9.17, 15) is 9.90 Å². The number of aliphatic hydroxyl groups excluding tert-OH is 1. The van der Waals surface area contributed by atoms with Crippen LogP contribution in [-0.2, 0) is 24.9 Å². The Hall–Kier alpha value is -3.40. The van der Waals surface area contributed by atoms with Crippen molar-refractivity contribution in [3.63, 3.8) is 0 Å². The zero-order valence-electron chi connectivity index (χ0n) is 27.5. The van der Waals surface area contributed by atoms with Crippen molar-refractivity contribution >= 4 is 5.78 Å². The average Bonchev–Trinajstić information content (AvgIpc) is 2.98. The number of aromatic nitrogens is 2. The Morgan fingerprint density at radius 3 is 1.89 bits per heavy atom. The van der Waals surface area contributed by atoms with E-state index < -0.39 is 0 Å². The van der Waals surface area contributed by atoms with E-state index in [1.165, 1.54) is 22.8 Å². The molecule has 1 aromatic heterocycles. The molecule has 3 aromatic carbocycles. The van der Waals surface area contributed by atoms with Gasteiger partial charge in [0.2, 0.25) is 0 Å². The monoisotopic (exact) mass is 768 g/mol. The molecule has 4 nitrogen and oxygen atoms in total. The predicted molar refractivity (Wildman–Crippen MR) is 180 cm³/mol. The molecule has 0 spiro atoms. The number of allylic oxidation sites excluding steroid dienone is 2. The summed E-state index contributed by atoms with van der Waals surface area (Å²) in [5.74, 6) is 0.547. The maximum absolute atomic E-state index is 11.7. The third-order valence-corrected chi connectivity index (χ3v) is 7.82. The molecule has 5 heteroatoms. The van der Waals surface area contributed by atoms with Gasteiger partial charge < -0.3 is 10.1 Å². The second-order valence-electron chi connectivity index (χ2n) is 11.4. The van der Waals surface area contributed by atoms with Crippen molar-refractivity contribution in [2.45, 2.75) is 81.1 Å². The van der Waals surface area contributed by atoms with Crippen LogP contribution in [0, 0.1) is 45.6 Å². The second-order valence-corrected chi connectivity index (χ2v) is 11.4. The van der Waals surface area contributed by atoms with E-state index in [-0.39, 0.29) is 43.5 Å². The van der Waals surface area contributed by atoms with Crippen molar-refractivity contribution < 1.29 is 30.0 Å². The fourth-order valence-corrected chi connectivity index (χ4v) is 5.45. The first-order valence-electron chi connectivity index (χ1n) is 15.6. The molecular formula is C39H47IrN2O2-. The normalized spacial score (nSPS) is 11.2. The zero-order chi connectivity index (χ0) is 31.5. The molecule has 0 saturated heterocycles. The minimum Gasteiger partial charge on any atom is -0.512 e. The van der Waals surface area contributed by atoms with Gasteiger partial charge in [0.1, 0.15) is 0 Å². The third-order valence-electron chi connectivity index (χ3n) is 7.82. The smallest absolute Gasteiger partial charge is 0.162 e. The number of aliphatic hydroxyl groups is 1. The molecule has 0 bridgehead atoms. The number of carbonyl (C=O) groups is 1. The summed E-state index contributed by atoms with van der Waals surface area (Å²) < 4.78 is 0. The molecule has 0 aliphatic carbocycles. The fraction of sp³-hybridized carbons (Fsp3) is 0.359. The summed E-state index contributed by atoms with van der Waals surface area (Å²) in [5.41, 5.74) is 10.5. The maximum Gasteiger partial charge on any atom is 0.162 e. The van der Waals surface area contributed by atoms with E-state index in [0.29, 0.717) is 0 Å². The maximum atomic E-state index is 11.7. The molecular weight excluding hydrogens is 721 g/mol. The van der Waals surface area contributed by atoms with Gasteiger partial charge in [-0.3, -0.25) is 9.78 Å². The molecule has 0 amide bonds. The summed E-state index contributed by atoms with van der Waals surface area (Å²) in [7, 11) is 0. The minimum absolute atomic E-state index is 0. The van der Waals surface area contributed by atoms with Crippen LogP contribution in [0.15, 0.2) is 78.7 Å². The Morgan fingerprint density at radius 2 is 1.34 bits per heavy atom. The number of rotatable bonds is 10. The van der Waals surface area contributed by atoms with Gasteiger partial charge >= 0.3 is 0 Å². The number of benzene rings is 3. The number of carbonyl (C=O) groups excluding carboxylic acids is 1. The van der Waals surface area contributed by atoms with Gasteiger partial charge in [-0.2, -0.15) is 0 Å². The first-order chi connectivity index (χ1) is 20.6. The number of aryl methyl sites for hydroxylation is 4. The van der Waals surface area contributed by atoms with E-state index in [4.69, 9.17) is 9.97 Å². The van der Waals surface area contributed by atoms with Gasteiger partial charge in [0.05, 0.1) is 17.1 Å². The molecule has 0 saturated carbocycles.